The van der Waals surface area contributed by atoms with E-state index in [-0.39, 0.29) is 5.41 Å². The molecule has 9 heteroatoms. The molecular weight excluding hydrogens is 378 g/mol. The van der Waals surface area contributed by atoms with Gasteiger partial charge in [0.2, 0.25) is 0 Å². The Bertz CT molecular complexity index is 1120. The molecule has 2 aliphatic rings. The first-order valence-corrected chi connectivity index (χ1v) is 10.4. The predicted molar refractivity (Wildman–Crippen MR) is 115 cm³/mol. The zero-order valence-corrected chi connectivity index (χ0v) is 17.1. The summed E-state index contributed by atoms with van der Waals surface area (Å²) in [6, 6.07) is 6.23. The third-order valence-corrected chi connectivity index (χ3v) is 6.43. The molecule has 0 unspecified atom stereocenters. The van der Waals surface area contributed by atoms with Crippen molar-refractivity contribution in [1.29, 1.82) is 5.26 Å². The van der Waals surface area contributed by atoms with Gasteiger partial charge in [0.1, 0.15) is 6.07 Å². The highest BCUT2D eigenvalue weighted by Crippen LogP contribution is 2.36. The number of nitrogens with two attached hydrogens (primary N) is 1. The van der Waals surface area contributed by atoms with Crippen LogP contribution in [-0.4, -0.2) is 51.3 Å². The van der Waals surface area contributed by atoms with Gasteiger partial charge in [-0.2, -0.15) is 10.4 Å². The number of pyridine rings is 1. The second kappa shape index (κ2) is 7.22. The lowest BCUT2D eigenvalue weighted by Gasteiger charge is -2.39. The Morgan fingerprint density at radius 1 is 1.23 bits per heavy atom. The zero-order chi connectivity index (χ0) is 20.7. The molecule has 5 heterocycles. The number of H-pyrrole nitrogens is 1. The van der Waals surface area contributed by atoms with Crippen LogP contribution in [0.1, 0.15) is 37.6 Å². The second-order valence-corrected chi connectivity index (χ2v) is 8.48. The zero-order valence-electron chi connectivity index (χ0n) is 17.1. The van der Waals surface area contributed by atoms with E-state index in [1.807, 2.05) is 12.3 Å². The van der Waals surface area contributed by atoms with Gasteiger partial charge in [-0.05, 0) is 49.8 Å². The van der Waals surface area contributed by atoms with Gasteiger partial charge in [-0.3, -0.25) is 10.1 Å². The van der Waals surface area contributed by atoms with Gasteiger partial charge >= 0.3 is 0 Å². The molecule has 1 saturated heterocycles. The topological polar surface area (TPSA) is 124 Å². The molecule has 154 valence electrons. The number of rotatable bonds is 3. The first kappa shape index (κ1) is 18.8. The van der Waals surface area contributed by atoms with Gasteiger partial charge in [0.15, 0.2) is 28.5 Å². The summed E-state index contributed by atoms with van der Waals surface area (Å²) in [5.74, 6) is 1.32. The van der Waals surface area contributed by atoms with Crippen LogP contribution in [-0.2, 0) is 6.42 Å². The number of anilines is 3. The highest BCUT2D eigenvalue weighted by Gasteiger charge is 2.31. The molecule has 5 rings (SSSR count). The summed E-state index contributed by atoms with van der Waals surface area (Å²) < 4.78 is 0. The molecule has 0 radical (unpaired) electrons. The van der Waals surface area contributed by atoms with E-state index >= 15 is 0 Å². The van der Waals surface area contributed by atoms with Crippen molar-refractivity contribution < 1.29 is 0 Å². The van der Waals surface area contributed by atoms with Gasteiger partial charge in [-0.25, -0.2) is 9.97 Å². The van der Waals surface area contributed by atoms with Crippen molar-refractivity contribution in [3.63, 3.8) is 0 Å². The summed E-state index contributed by atoms with van der Waals surface area (Å²) in [6.45, 7) is 5.35. The standard InChI is InChI=1S/C21H25N9/c1-21(13-23)6-10-29(11-7-21)19-15(12-22)25-17-18(26-19)27-28-20(17)30-9-3-4-14-16(30)5-2-8-24-14/h2,5,8H,3-4,6-7,9-11,13,23H2,1H3,(H,26,27,28). The van der Waals surface area contributed by atoms with Gasteiger partial charge in [0, 0.05) is 25.8 Å². The Morgan fingerprint density at radius 2 is 2.07 bits per heavy atom. The van der Waals surface area contributed by atoms with Crippen LogP contribution in [0.3, 0.4) is 0 Å². The van der Waals surface area contributed by atoms with Gasteiger partial charge in [0.05, 0.1) is 11.4 Å². The molecule has 2 aliphatic heterocycles. The van der Waals surface area contributed by atoms with E-state index in [0.29, 0.717) is 35.0 Å². The summed E-state index contributed by atoms with van der Waals surface area (Å²) in [7, 11) is 0. The third-order valence-electron chi connectivity index (χ3n) is 6.43. The Kier molecular flexibility index (Phi) is 4.51. The van der Waals surface area contributed by atoms with E-state index in [1.54, 1.807) is 0 Å². The van der Waals surface area contributed by atoms with Crippen molar-refractivity contribution in [2.45, 2.75) is 32.6 Å². The molecule has 3 aromatic rings. The van der Waals surface area contributed by atoms with Crippen LogP contribution in [0.4, 0.5) is 17.3 Å². The minimum absolute atomic E-state index is 0.150. The molecule has 3 N–H and O–H groups in total. The molecule has 9 nitrogen and oxygen atoms in total. The Labute approximate surface area is 174 Å². The quantitative estimate of drug-likeness (QED) is 0.682. The van der Waals surface area contributed by atoms with Gasteiger partial charge in [-0.15, -0.1) is 0 Å². The lowest BCUT2D eigenvalue weighted by Crippen LogP contribution is -2.42. The maximum absolute atomic E-state index is 9.80. The minimum Gasteiger partial charge on any atom is -0.354 e. The Morgan fingerprint density at radius 3 is 2.83 bits per heavy atom. The molecule has 0 aliphatic carbocycles. The second-order valence-electron chi connectivity index (χ2n) is 8.48. The number of nitriles is 1. The van der Waals surface area contributed by atoms with Crippen molar-refractivity contribution in [2.75, 3.05) is 36.0 Å². The number of aryl methyl sites for hydroxylation is 1. The summed E-state index contributed by atoms with van der Waals surface area (Å²) in [5.41, 5.74) is 9.74. The first-order chi connectivity index (χ1) is 14.6. The molecule has 3 aromatic heterocycles. The maximum Gasteiger partial charge on any atom is 0.184 e. The van der Waals surface area contributed by atoms with E-state index < -0.39 is 0 Å². The Hall–Kier alpha value is -3.25. The molecule has 30 heavy (non-hydrogen) atoms. The molecule has 1 fully saturated rings. The molecule has 0 atom stereocenters. The summed E-state index contributed by atoms with van der Waals surface area (Å²) in [5, 5.41) is 17.4. The van der Waals surface area contributed by atoms with Crippen molar-refractivity contribution in [1.82, 2.24) is 25.1 Å². The summed E-state index contributed by atoms with van der Waals surface area (Å²) >= 11 is 0. The van der Waals surface area contributed by atoms with Crippen LogP contribution in [0, 0.1) is 16.7 Å². The smallest absolute Gasteiger partial charge is 0.184 e. The molecule has 0 amide bonds. The maximum atomic E-state index is 9.80. The van der Waals surface area contributed by atoms with Crippen molar-refractivity contribution in [3.8, 4) is 6.07 Å². The van der Waals surface area contributed by atoms with Crippen LogP contribution < -0.4 is 15.5 Å². The van der Waals surface area contributed by atoms with E-state index in [9.17, 15) is 5.26 Å². The van der Waals surface area contributed by atoms with E-state index in [0.717, 1.165) is 56.7 Å². The number of aromatic amines is 1. The fourth-order valence-corrected chi connectivity index (χ4v) is 4.38. The molecule has 0 aromatic carbocycles. The SMILES string of the molecule is CC1(CN)CCN(c2nc3[nH]nc(N4CCCc5ncccc54)c3nc2C#N)CC1. The number of piperidine rings is 1. The van der Waals surface area contributed by atoms with Gasteiger partial charge in [0.25, 0.3) is 0 Å². The van der Waals surface area contributed by atoms with Crippen molar-refractivity contribution in [3.05, 3.63) is 29.7 Å². The molecular formula is C21H25N9. The van der Waals surface area contributed by atoms with Crippen LogP contribution in [0.25, 0.3) is 11.2 Å². The van der Waals surface area contributed by atoms with E-state index in [1.165, 1.54) is 0 Å². The Balaban J connectivity index is 1.53. The minimum atomic E-state index is 0.150. The fraction of sp³-hybridized carbons (Fsp3) is 0.476. The first-order valence-electron chi connectivity index (χ1n) is 10.4. The summed E-state index contributed by atoms with van der Waals surface area (Å²) in [4.78, 5) is 18.2. The third kappa shape index (κ3) is 3.04. The lowest BCUT2D eigenvalue weighted by molar-refractivity contribution is 0.258. The van der Waals surface area contributed by atoms with Crippen LogP contribution in [0.15, 0.2) is 18.3 Å². The van der Waals surface area contributed by atoms with E-state index in [2.05, 4.69) is 49.0 Å². The number of nitrogens with one attached hydrogen (secondary N) is 1. The average Bonchev–Trinajstić information content (AvgIpc) is 3.21. The average molecular weight is 403 g/mol. The van der Waals surface area contributed by atoms with Gasteiger partial charge < -0.3 is 15.5 Å². The predicted octanol–water partition coefficient (Wildman–Crippen LogP) is 2.27. The number of nitrogens with zero attached hydrogens (tertiary/aromatic N) is 7. The number of hydrogen-bond acceptors (Lipinski definition) is 8. The van der Waals surface area contributed by atoms with Crippen LogP contribution in [0.2, 0.25) is 0 Å². The van der Waals surface area contributed by atoms with Crippen molar-refractivity contribution in [2.24, 2.45) is 11.1 Å². The molecule has 0 bridgehead atoms. The molecule has 0 saturated carbocycles. The van der Waals surface area contributed by atoms with Gasteiger partial charge in [-0.1, -0.05) is 6.92 Å². The highest BCUT2D eigenvalue weighted by atomic mass is 15.3. The summed E-state index contributed by atoms with van der Waals surface area (Å²) in [6.07, 6.45) is 5.70. The lowest BCUT2D eigenvalue weighted by atomic mass is 9.80. The normalized spacial score (nSPS) is 18.3. The monoisotopic (exact) mass is 403 g/mol. The fourth-order valence-electron chi connectivity index (χ4n) is 4.38. The van der Waals surface area contributed by atoms with Crippen LogP contribution in [0.5, 0.6) is 0 Å². The van der Waals surface area contributed by atoms with Crippen molar-refractivity contribution >= 4 is 28.5 Å². The van der Waals surface area contributed by atoms with E-state index in [4.69, 9.17) is 10.7 Å². The number of aromatic nitrogens is 5. The molecule has 0 spiro atoms. The number of fused-ring (bicyclic) bond motifs is 2. The number of hydrogen-bond donors (Lipinski definition) is 2. The largest absolute Gasteiger partial charge is 0.354 e. The van der Waals surface area contributed by atoms with Crippen LogP contribution >= 0.6 is 0 Å². The highest BCUT2D eigenvalue weighted by molar-refractivity contribution is 5.88.